The lowest BCUT2D eigenvalue weighted by atomic mass is 10.3. The highest BCUT2D eigenvalue weighted by molar-refractivity contribution is 5.39. The van der Waals surface area contributed by atoms with Crippen LogP contribution in [0.25, 0.3) is 0 Å². The molecule has 4 heteroatoms. The Kier molecular flexibility index (Phi) is 2.88. The van der Waals surface area contributed by atoms with Crippen molar-refractivity contribution in [3.8, 4) is 11.5 Å². The lowest BCUT2D eigenvalue weighted by Crippen LogP contribution is -1.97. The molecular weight excluding hydrogens is 194 g/mol. The molecule has 0 amide bonds. The zero-order valence-electron chi connectivity index (χ0n) is 8.34. The van der Waals surface area contributed by atoms with Gasteiger partial charge < -0.3 is 13.9 Å². The van der Waals surface area contributed by atoms with Crippen molar-refractivity contribution in [2.75, 3.05) is 7.11 Å². The summed E-state index contributed by atoms with van der Waals surface area (Å²) in [5.74, 6) is 1.92. The van der Waals surface area contributed by atoms with Crippen molar-refractivity contribution >= 4 is 0 Å². The minimum absolute atomic E-state index is 0.299. The van der Waals surface area contributed by atoms with Gasteiger partial charge in [-0.15, -0.1) is 0 Å². The fourth-order valence-electron chi connectivity index (χ4n) is 1.20. The normalized spacial score (nSPS) is 9.93. The van der Waals surface area contributed by atoms with Gasteiger partial charge in [-0.05, 0) is 12.1 Å². The van der Waals surface area contributed by atoms with E-state index in [9.17, 15) is 0 Å². The van der Waals surface area contributed by atoms with Gasteiger partial charge in [-0.1, -0.05) is 12.1 Å². The van der Waals surface area contributed by atoms with Gasteiger partial charge in [0.2, 0.25) is 5.89 Å². The summed E-state index contributed by atoms with van der Waals surface area (Å²) in [6, 6.07) is 7.44. The van der Waals surface area contributed by atoms with Crippen LogP contribution in [-0.2, 0) is 6.61 Å². The topological polar surface area (TPSA) is 44.5 Å². The van der Waals surface area contributed by atoms with Gasteiger partial charge >= 0.3 is 0 Å². The summed E-state index contributed by atoms with van der Waals surface area (Å²) in [7, 11) is 1.60. The molecule has 2 aromatic rings. The molecule has 0 aliphatic carbocycles. The van der Waals surface area contributed by atoms with Crippen molar-refractivity contribution in [3.63, 3.8) is 0 Å². The number of hydrogen-bond donors (Lipinski definition) is 0. The van der Waals surface area contributed by atoms with Crippen LogP contribution in [0.4, 0.5) is 0 Å². The van der Waals surface area contributed by atoms with E-state index in [1.165, 1.54) is 6.26 Å². The van der Waals surface area contributed by atoms with E-state index in [0.717, 1.165) is 0 Å². The van der Waals surface area contributed by atoms with Crippen LogP contribution in [0.2, 0.25) is 0 Å². The molecule has 0 saturated carbocycles. The Hall–Kier alpha value is -1.97. The fourth-order valence-corrected chi connectivity index (χ4v) is 1.20. The molecule has 0 saturated heterocycles. The first kappa shape index (κ1) is 9.58. The van der Waals surface area contributed by atoms with E-state index >= 15 is 0 Å². The van der Waals surface area contributed by atoms with Gasteiger partial charge in [0.1, 0.15) is 6.26 Å². The standard InChI is InChI=1S/C11H11NO3/c1-13-9-4-2-3-5-10(9)15-8-11-12-6-7-14-11/h2-7H,8H2,1H3. The molecule has 0 spiro atoms. The third-order valence-electron chi connectivity index (χ3n) is 1.90. The molecule has 78 valence electrons. The zero-order chi connectivity index (χ0) is 10.5. The number of benzene rings is 1. The molecule has 0 radical (unpaired) electrons. The second kappa shape index (κ2) is 4.50. The van der Waals surface area contributed by atoms with Crippen LogP contribution in [0, 0.1) is 0 Å². The third kappa shape index (κ3) is 2.28. The molecule has 0 aliphatic rings. The fraction of sp³-hybridized carbons (Fsp3) is 0.182. The number of hydrogen-bond acceptors (Lipinski definition) is 4. The molecule has 15 heavy (non-hydrogen) atoms. The predicted molar refractivity (Wildman–Crippen MR) is 53.8 cm³/mol. The zero-order valence-corrected chi connectivity index (χ0v) is 8.34. The van der Waals surface area contributed by atoms with E-state index in [1.807, 2.05) is 24.3 Å². The van der Waals surface area contributed by atoms with Crippen LogP contribution < -0.4 is 9.47 Å². The monoisotopic (exact) mass is 205 g/mol. The molecule has 0 aliphatic heterocycles. The summed E-state index contributed by atoms with van der Waals surface area (Å²) in [6.45, 7) is 0.299. The summed E-state index contributed by atoms with van der Waals surface area (Å²) < 4.78 is 15.7. The van der Waals surface area contributed by atoms with Crippen LogP contribution in [0.15, 0.2) is 41.1 Å². The highest BCUT2D eigenvalue weighted by Crippen LogP contribution is 2.26. The van der Waals surface area contributed by atoms with Crippen LogP contribution in [0.5, 0.6) is 11.5 Å². The maximum Gasteiger partial charge on any atom is 0.232 e. The van der Waals surface area contributed by atoms with E-state index in [0.29, 0.717) is 24.0 Å². The predicted octanol–water partition coefficient (Wildman–Crippen LogP) is 2.26. The van der Waals surface area contributed by atoms with E-state index in [4.69, 9.17) is 13.9 Å². The minimum atomic E-state index is 0.299. The largest absolute Gasteiger partial charge is 0.493 e. The number of para-hydroxylation sites is 2. The lowest BCUT2D eigenvalue weighted by molar-refractivity contribution is 0.250. The number of oxazole rings is 1. The molecule has 0 atom stereocenters. The first-order chi connectivity index (χ1) is 7.40. The maximum atomic E-state index is 5.49. The van der Waals surface area contributed by atoms with E-state index < -0.39 is 0 Å². The molecular formula is C11H11NO3. The first-order valence-corrected chi connectivity index (χ1v) is 4.54. The SMILES string of the molecule is COc1ccccc1OCc1ncco1. The lowest BCUT2D eigenvalue weighted by Gasteiger charge is -2.08. The second-order valence-corrected chi connectivity index (χ2v) is 2.87. The van der Waals surface area contributed by atoms with E-state index in [-0.39, 0.29) is 0 Å². The summed E-state index contributed by atoms with van der Waals surface area (Å²) in [6.07, 6.45) is 3.10. The van der Waals surface area contributed by atoms with Crippen LogP contribution in [0.1, 0.15) is 5.89 Å². The Labute approximate surface area is 87.5 Å². The average molecular weight is 205 g/mol. The Morgan fingerprint density at radius 3 is 2.73 bits per heavy atom. The van der Waals surface area contributed by atoms with Gasteiger partial charge in [-0.3, -0.25) is 0 Å². The first-order valence-electron chi connectivity index (χ1n) is 4.54. The quantitative estimate of drug-likeness (QED) is 0.768. The molecule has 0 fully saturated rings. The average Bonchev–Trinajstić information content (AvgIpc) is 2.79. The van der Waals surface area contributed by atoms with Gasteiger partial charge in [-0.2, -0.15) is 0 Å². The van der Waals surface area contributed by atoms with Gasteiger partial charge in [0.25, 0.3) is 0 Å². The molecule has 1 aromatic heterocycles. The number of aromatic nitrogens is 1. The highest BCUT2D eigenvalue weighted by atomic mass is 16.5. The van der Waals surface area contributed by atoms with Gasteiger partial charge in [0.05, 0.1) is 13.3 Å². The minimum Gasteiger partial charge on any atom is -0.493 e. The van der Waals surface area contributed by atoms with Crippen molar-refractivity contribution in [2.24, 2.45) is 0 Å². The van der Waals surface area contributed by atoms with Crippen molar-refractivity contribution in [3.05, 3.63) is 42.6 Å². The summed E-state index contributed by atoms with van der Waals surface area (Å²) >= 11 is 0. The number of ether oxygens (including phenoxy) is 2. The summed E-state index contributed by atoms with van der Waals surface area (Å²) in [4.78, 5) is 3.95. The number of nitrogens with zero attached hydrogens (tertiary/aromatic N) is 1. The third-order valence-corrected chi connectivity index (χ3v) is 1.90. The second-order valence-electron chi connectivity index (χ2n) is 2.87. The molecule has 2 rings (SSSR count). The Balaban J connectivity index is 2.04. The summed E-state index contributed by atoms with van der Waals surface area (Å²) in [5.41, 5.74) is 0. The van der Waals surface area contributed by atoms with Crippen molar-refractivity contribution in [2.45, 2.75) is 6.61 Å². The Morgan fingerprint density at radius 2 is 2.07 bits per heavy atom. The number of methoxy groups -OCH3 is 1. The molecule has 1 aromatic carbocycles. The van der Waals surface area contributed by atoms with Crippen LogP contribution in [-0.4, -0.2) is 12.1 Å². The van der Waals surface area contributed by atoms with Crippen LogP contribution in [0.3, 0.4) is 0 Å². The van der Waals surface area contributed by atoms with Gasteiger partial charge in [-0.25, -0.2) is 4.98 Å². The molecule has 4 nitrogen and oxygen atoms in total. The van der Waals surface area contributed by atoms with Crippen molar-refractivity contribution in [1.82, 2.24) is 4.98 Å². The molecule has 0 N–H and O–H groups in total. The molecule has 0 bridgehead atoms. The Morgan fingerprint density at radius 1 is 1.27 bits per heavy atom. The van der Waals surface area contributed by atoms with Crippen LogP contribution >= 0.6 is 0 Å². The van der Waals surface area contributed by atoms with Crippen molar-refractivity contribution < 1.29 is 13.9 Å². The smallest absolute Gasteiger partial charge is 0.232 e. The number of rotatable bonds is 4. The van der Waals surface area contributed by atoms with E-state index in [1.54, 1.807) is 13.3 Å². The maximum absolute atomic E-state index is 5.49. The van der Waals surface area contributed by atoms with Gasteiger partial charge in [0.15, 0.2) is 18.1 Å². The van der Waals surface area contributed by atoms with E-state index in [2.05, 4.69) is 4.98 Å². The molecule has 1 heterocycles. The highest BCUT2D eigenvalue weighted by Gasteiger charge is 2.04. The van der Waals surface area contributed by atoms with Gasteiger partial charge in [0, 0.05) is 0 Å². The summed E-state index contributed by atoms with van der Waals surface area (Å²) in [5, 5.41) is 0. The molecule has 0 unspecified atom stereocenters. The Bertz CT molecular complexity index is 412. The van der Waals surface area contributed by atoms with Crippen molar-refractivity contribution in [1.29, 1.82) is 0 Å².